The van der Waals surface area contributed by atoms with Crippen molar-refractivity contribution in [2.45, 2.75) is 70.4 Å². The Morgan fingerprint density at radius 3 is 1.94 bits per heavy atom. The van der Waals surface area contributed by atoms with Gasteiger partial charge in [-0.25, -0.2) is 32.5 Å². The van der Waals surface area contributed by atoms with Crippen LogP contribution in [-0.4, -0.2) is 52.4 Å². The summed E-state index contributed by atoms with van der Waals surface area (Å²) in [7, 11) is 0. The van der Waals surface area contributed by atoms with Gasteiger partial charge in [0.25, 0.3) is 0 Å². The van der Waals surface area contributed by atoms with E-state index in [9.17, 15) is 27.6 Å². The molecule has 0 radical (unpaired) electrons. The standard InChI is InChI=1S/C22H23F2N5O3.C7H4FNO.6CH4/c1-2-32-22(31)28-11-9-17(10-12-28)29-19-8-5-15(24)13-18(19)26-20(29)27-21(30)25-16-6-3-14(23)4-7-16;8-6-1-3-7(4-2-6)9-5-10;;;;;;/h3-8,13,17H,2,9-12H2,1H3,(H2,25,26,27,30);1-4H;6*1H4. The number of hydrogen-bond donors (Lipinski definition) is 2. The van der Waals surface area contributed by atoms with Crippen molar-refractivity contribution < 1.29 is 32.3 Å². The molecule has 3 aromatic carbocycles. The van der Waals surface area contributed by atoms with Gasteiger partial charge < -0.3 is 19.5 Å². The molecule has 4 aromatic rings. The van der Waals surface area contributed by atoms with Gasteiger partial charge in [0.1, 0.15) is 17.5 Å². The highest BCUT2D eigenvalue weighted by Crippen LogP contribution is 2.32. The van der Waals surface area contributed by atoms with Crippen LogP contribution in [0, 0.1) is 17.5 Å². The largest absolute Gasteiger partial charge is 0.450 e. The van der Waals surface area contributed by atoms with Crippen LogP contribution in [0.1, 0.15) is 70.4 Å². The van der Waals surface area contributed by atoms with Gasteiger partial charge >= 0.3 is 12.1 Å². The summed E-state index contributed by atoms with van der Waals surface area (Å²) in [6, 6.07) is 14.3. The van der Waals surface area contributed by atoms with E-state index in [2.05, 4.69) is 20.6 Å². The molecule has 3 amide bonds. The lowest BCUT2D eigenvalue weighted by molar-refractivity contribution is 0.0932. The average molecular weight is 677 g/mol. The van der Waals surface area contributed by atoms with E-state index in [1.807, 2.05) is 4.57 Å². The maximum atomic E-state index is 13.8. The first kappa shape index (κ1) is 47.2. The summed E-state index contributed by atoms with van der Waals surface area (Å²) in [5.41, 5.74) is 1.92. The van der Waals surface area contributed by atoms with Crippen molar-refractivity contribution in [3.63, 3.8) is 0 Å². The molecule has 0 saturated carbocycles. The molecule has 0 spiro atoms. The van der Waals surface area contributed by atoms with E-state index in [1.54, 1.807) is 17.9 Å². The number of aliphatic imine (C=N–C) groups is 1. The highest BCUT2D eigenvalue weighted by atomic mass is 19.1. The van der Waals surface area contributed by atoms with Crippen LogP contribution in [0.25, 0.3) is 11.0 Å². The zero-order chi connectivity index (χ0) is 30.1. The number of halogens is 3. The molecule has 0 bridgehead atoms. The summed E-state index contributed by atoms with van der Waals surface area (Å²) >= 11 is 0. The van der Waals surface area contributed by atoms with Crippen molar-refractivity contribution in [3.05, 3.63) is 84.2 Å². The summed E-state index contributed by atoms with van der Waals surface area (Å²) in [6.45, 7) is 3.06. The zero-order valence-corrected chi connectivity index (χ0v) is 22.5. The number of urea groups is 1. The molecule has 0 aliphatic carbocycles. The molecular formula is C35H51F3N6O4. The molecule has 10 nitrogen and oxygen atoms in total. The predicted molar refractivity (Wildman–Crippen MR) is 190 cm³/mol. The molecule has 2 heterocycles. The van der Waals surface area contributed by atoms with Crippen LogP contribution in [0.4, 0.5) is 40.1 Å². The molecule has 13 heteroatoms. The van der Waals surface area contributed by atoms with Crippen molar-refractivity contribution >= 4 is 46.6 Å². The Hall–Kier alpha value is -5.16. The lowest BCUT2D eigenvalue weighted by atomic mass is 10.0. The van der Waals surface area contributed by atoms with Crippen molar-refractivity contribution in [2.75, 3.05) is 30.3 Å². The first-order valence-electron chi connectivity index (χ1n) is 13.0. The second-order valence-corrected chi connectivity index (χ2v) is 9.12. The Kier molecular flexibility index (Phi) is 22.0. The minimum Gasteiger partial charge on any atom is -0.450 e. The van der Waals surface area contributed by atoms with Gasteiger partial charge in [0.15, 0.2) is 0 Å². The lowest BCUT2D eigenvalue weighted by Crippen LogP contribution is -2.39. The second-order valence-electron chi connectivity index (χ2n) is 9.12. The molecule has 1 fully saturated rings. The highest BCUT2D eigenvalue weighted by Gasteiger charge is 2.28. The number of piperidine rings is 1. The molecule has 1 aliphatic rings. The Bertz CT molecular complexity index is 1580. The molecule has 1 saturated heterocycles. The number of nitrogens with one attached hydrogen (secondary N) is 2. The molecule has 266 valence electrons. The number of imidazole rings is 1. The fourth-order valence-electron chi connectivity index (χ4n) is 4.42. The number of ether oxygens (including phenoxy) is 1. The minimum atomic E-state index is -0.558. The summed E-state index contributed by atoms with van der Waals surface area (Å²) in [4.78, 5) is 43.6. The van der Waals surface area contributed by atoms with E-state index in [1.165, 1.54) is 66.7 Å². The number of likely N-dealkylation sites (tertiary alicyclic amines) is 1. The van der Waals surface area contributed by atoms with Gasteiger partial charge in [-0.1, -0.05) is 44.6 Å². The van der Waals surface area contributed by atoms with Gasteiger partial charge in [0.2, 0.25) is 12.0 Å². The Morgan fingerprint density at radius 1 is 0.854 bits per heavy atom. The smallest absolute Gasteiger partial charge is 0.409 e. The summed E-state index contributed by atoms with van der Waals surface area (Å²) in [5.74, 6) is -0.917. The number of carbonyl (C=O) groups excluding carboxylic acids is 3. The third-order valence-corrected chi connectivity index (χ3v) is 6.34. The number of hydrogen-bond acceptors (Lipinski definition) is 6. The first-order chi connectivity index (χ1) is 20.3. The van der Waals surface area contributed by atoms with Gasteiger partial charge in [-0.3, -0.25) is 5.32 Å². The fraction of sp³-hybridized carbons (Fsp3) is 0.371. The van der Waals surface area contributed by atoms with Crippen LogP contribution in [0.5, 0.6) is 0 Å². The molecule has 48 heavy (non-hydrogen) atoms. The van der Waals surface area contributed by atoms with Crippen LogP contribution in [0.2, 0.25) is 0 Å². The van der Waals surface area contributed by atoms with Gasteiger partial charge in [-0.2, -0.15) is 4.99 Å². The third kappa shape index (κ3) is 12.6. The summed E-state index contributed by atoms with van der Waals surface area (Å²) in [5, 5.41) is 5.34. The number of rotatable bonds is 5. The van der Waals surface area contributed by atoms with Crippen LogP contribution >= 0.6 is 0 Å². The third-order valence-electron chi connectivity index (χ3n) is 6.34. The Morgan fingerprint density at radius 2 is 1.40 bits per heavy atom. The van der Waals surface area contributed by atoms with Crippen LogP contribution < -0.4 is 10.6 Å². The number of isocyanates is 1. The zero-order valence-electron chi connectivity index (χ0n) is 22.5. The number of carbonyl (C=O) groups is 2. The number of amides is 3. The van der Waals surface area contributed by atoms with Crippen LogP contribution in [0.3, 0.4) is 0 Å². The van der Waals surface area contributed by atoms with Crippen molar-refractivity contribution in [1.82, 2.24) is 14.5 Å². The van der Waals surface area contributed by atoms with Crippen molar-refractivity contribution in [3.8, 4) is 0 Å². The fourth-order valence-corrected chi connectivity index (χ4v) is 4.42. The molecule has 2 N–H and O–H groups in total. The molecule has 1 aliphatic heterocycles. The number of anilines is 2. The SMILES string of the molecule is C.C.C.C.C.C.CCOC(=O)N1CCC(n2c(NC(=O)Nc3ccc(F)cc3)nc3cc(F)ccc32)CC1.O=C=Nc1ccc(F)cc1. The van der Waals surface area contributed by atoms with Gasteiger partial charge in [0.05, 0.1) is 23.3 Å². The monoisotopic (exact) mass is 676 g/mol. The van der Waals surface area contributed by atoms with E-state index in [4.69, 9.17) is 4.74 Å². The van der Waals surface area contributed by atoms with Gasteiger partial charge in [-0.05, 0) is 80.4 Å². The van der Waals surface area contributed by atoms with Crippen molar-refractivity contribution in [1.29, 1.82) is 0 Å². The number of benzene rings is 3. The van der Waals surface area contributed by atoms with E-state index >= 15 is 0 Å². The van der Waals surface area contributed by atoms with E-state index in [0.29, 0.717) is 54.9 Å². The highest BCUT2D eigenvalue weighted by molar-refractivity contribution is 5.99. The van der Waals surface area contributed by atoms with Crippen LogP contribution in [-0.2, 0) is 9.53 Å². The number of fused-ring (bicyclic) bond motifs is 1. The van der Waals surface area contributed by atoms with Gasteiger partial charge in [-0.15, -0.1) is 0 Å². The van der Waals surface area contributed by atoms with Crippen LogP contribution in [0.15, 0.2) is 71.7 Å². The molecule has 5 rings (SSSR count). The number of nitrogens with zero attached hydrogens (tertiary/aromatic N) is 4. The minimum absolute atomic E-state index is 0. The van der Waals surface area contributed by atoms with E-state index in [-0.39, 0.29) is 68.5 Å². The Balaban J connectivity index is -0.00000110. The molecule has 1 aromatic heterocycles. The summed E-state index contributed by atoms with van der Waals surface area (Å²) in [6.07, 6.45) is 2.25. The molecular weight excluding hydrogens is 625 g/mol. The summed E-state index contributed by atoms with van der Waals surface area (Å²) < 4.78 is 46.0. The quantitative estimate of drug-likeness (QED) is 0.161. The topological polar surface area (TPSA) is 118 Å². The van der Waals surface area contributed by atoms with Gasteiger partial charge in [0, 0.05) is 30.9 Å². The van der Waals surface area contributed by atoms with Crippen molar-refractivity contribution in [2.24, 2.45) is 4.99 Å². The molecule has 0 atom stereocenters. The Labute approximate surface area is 283 Å². The first-order valence-corrected chi connectivity index (χ1v) is 13.0. The van der Waals surface area contributed by atoms with E-state index < -0.39 is 17.7 Å². The molecule has 0 unspecified atom stereocenters. The maximum absolute atomic E-state index is 13.8. The average Bonchev–Trinajstić information content (AvgIpc) is 3.32. The predicted octanol–water partition coefficient (Wildman–Crippen LogP) is 10.4. The second kappa shape index (κ2) is 22.4. The normalized spacial score (nSPS) is 11.4. The lowest BCUT2D eigenvalue weighted by Gasteiger charge is -2.32. The number of aromatic nitrogens is 2. The maximum Gasteiger partial charge on any atom is 0.409 e. The van der Waals surface area contributed by atoms with E-state index in [0.717, 1.165) is 0 Å².